The van der Waals surface area contributed by atoms with Crippen LogP contribution in [0.5, 0.6) is 0 Å². The minimum atomic E-state index is -5.36. The Hall–Kier alpha value is -4.36. The van der Waals surface area contributed by atoms with E-state index in [0.717, 1.165) is 30.8 Å². The second kappa shape index (κ2) is 8.32. The molecule has 1 N–H and O–H groups in total. The van der Waals surface area contributed by atoms with Crippen LogP contribution in [0.3, 0.4) is 0 Å². The number of alkyl halides is 3. The molecule has 3 aromatic carbocycles. The van der Waals surface area contributed by atoms with Crippen molar-refractivity contribution in [3.05, 3.63) is 101 Å². The summed E-state index contributed by atoms with van der Waals surface area (Å²) in [7, 11) is -4.32. The van der Waals surface area contributed by atoms with E-state index in [1.54, 1.807) is 26.0 Å². The number of aryl methyl sites for hydroxylation is 2. The van der Waals surface area contributed by atoms with Crippen molar-refractivity contribution in [3.8, 4) is 16.8 Å². The molecule has 0 bridgehead atoms. The monoisotopic (exact) mass is 558 g/mol. The Morgan fingerprint density at radius 1 is 0.769 bits per heavy atom. The molecule has 0 saturated heterocycles. The van der Waals surface area contributed by atoms with Gasteiger partial charge in [0, 0.05) is 7.05 Å². The van der Waals surface area contributed by atoms with Crippen LogP contribution in [0.15, 0.2) is 66.5 Å². The first-order chi connectivity index (χ1) is 18.0. The largest absolute Gasteiger partial charge is 0.417 e. The fourth-order valence-corrected chi connectivity index (χ4v) is 5.84. The van der Waals surface area contributed by atoms with E-state index in [0.29, 0.717) is 20.8 Å². The Morgan fingerprint density at radius 2 is 1.36 bits per heavy atom. The van der Waals surface area contributed by atoms with Crippen molar-refractivity contribution in [1.29, 1.82) is 0 Å². The molecule has 39 heavy (non-hydrogen) atoms. The highest BCUT2D eigenvalue weighted by Gasteiger charge is 2.35. The molecule has 0 aliphatic rings. The van der Waals surface area contributed by atoms with E-state index in [2.05, 4.69) is 0 Å². The second-order valence-corrected chi connectivity index (χ2v) is 10.5. The molecule has 5 aromatic rings. The summed E-state index contributed by atoms with van der Waals surface area (Å²) in [6.45, 7) is 3.42. The smallest absolute Gasteiger partial charge is 0.282 e. The van der Waals surface area contributed by atoms with Gasteiger partial charge in [-0.25, -0.2) is 4.57 Å². The van der Waals surface area contributed by atoms with Crippen molar-refractivity contribution in [2.45, 2.75) is 24.9 Å². The summed E-state index contributed by atoms with van der Waals surface area (Å²) in [5.74, 6) is 0. The highest BCUT2D eigenvalue weighted by atomic mass is 32.2. The van der Waals surface area contributed by atoms with Crippen molar-refractivity contribution in [3.63, 3.8) is 0 Å². The van der Waals surface area contributed by atoms with Crippen LogP contribution < -0.4 is 22.2 Å². The van der Waals surface area contributed by atoms with Gasteiger partial charge in [0.2, 0.25) is 0 Å². The van der Waals surface area contributed by atoms with Crippen molar-refractivity contribution in [2.24, 2.45) is 7.05 Å². The molecule has 9 nitrogen and oxygen atoms in total. The van der Waals surface area contributed by atoms with Gasteiger partial charge < -0.3 is 0 Å². The first-order valence-electron chi connectivity index (χ1n) is 11.2. The normalized spacial score (nSPS) is 12.6. The lowest BCUT2D eigenvalue weighted by molar-refractivity contribution is -0.137. The molecule has 2 heterocycles. The van der Waals surface area contributed by atoms with Gasteiger partial charge in [-0.3, -0.25) is 28.3 Å². The highest BCUT2D eigenvalue weighted by Crippen LogP contribution is 2.39. The Labute approximate surface area is 216 Å². The zero-order valence-corrected chi connectivity index (χ0v) is 21.2. The van der Waals surface area contributed by atoms with Crippen molar-refractivity contribution >= 4 is 31.7 Å². The van der Waals surface area contributed by atoms with Crippen LogP contribution in [-0.2, 0) is 23.3 Å². The van der Waals surface area contributed by atoms with E-state index < -0.39 is 76.2 Å². The van der Waals surface area contributed by atoms with E-state index in [1.807, 2.05) is 0 Å². The Balaban J connectivity index is 1.91. The van der Waals surface area contributed by atoms with Gasteiger partial charge in [-0.1, -0.05) is 29.8 Å². The first kappa shape index (κ1) is 26.3. The van der Waals surface area contributed by atoms with Crippen LogP contribution in [0, 0.1) is 13.8 Å². The number of hydrogen-bond acceptors (Lipinski definition) is 6. The summed E-state index contributed by atoms with van der Waals surface area (Å²) in [6.07, 6.45) is -4.91. The van der Waals surface area contributed by atoms with Crippen LogP contribution in [0.1, 0.15) is 16.7 Å². The van der Waals surface area contributed by atoms with Gasteiger partial charge in [0.05, 0.1) is 32.8 Å². The van der Waals surface area contributed by atoms with Gasteiger partial charge in [0.1, 0.15) is 4.90 Å². The molecule has 0 spiro atoms. The van der Waals surface area contributed by atoms with Gasteiger partial charge in [-0.05, 0) is 48.7 Å². The standard InChI is InChI=1S/C26H17F3N2O7S/c1-11-4-6-14(12(2)8-11)15-7-5-13(9-18(15)26(27,28)29)31-23(33)17-10-16-19(24(34)30(3)22(16)32)21(39(36,37)38)20(17)25(31)35/h4-10H,1-3H3,(H,36,37,38). The number of nitrogens with zero attached hydrogens (tertiary/aromatic N) is 2. The Morgan fingerprint density at radius 3 is 1.95 bits per heavy atom. The molecule has 2 aromatic heterocycles. The maximum absolute atomic E-state index is 14.2. The molecule has 13 heteroatoms. The van der Waals surface area contributed by atoms with E-state index in [-0.39, 0.29) is 11.1 Å². The van der Waals surface area contributed by atoms with Crippen LogP contribution in [-0.4, -0.2) is 22.1 Å². The molecule has 0 atom stereocenters. The molecular weight excluding hydrogens is 541 g/mol. The molecule has 0 radical (unpaired) electrons. The molecule has 0 saturated carbocycles. The van der Waals surface area contributed by atoms with Gasteiger partial charge in [-0.2, -0.15) is 21.6 Å². The molecule has 5 rings (SSSR count). The minimum absolute atomic E-state index is 0.211. The molecule has 0 fully saturated rings. The molecule has 200 valence electrons. The van der Waals surface area contributed by atoms with Crippen LogP contribution in [0.2, 0.25) is 0 Å². The third-order valence-corrected chi connectivity index (χ3v) is 7.61. The molecule has 0 aliphatic heterocycles. The predicted octanol–water partition coefficient (Wildman–Crippen LogP) is 2.99. The second-order valence-electron chi connectivity index (χ2n) is 9.19. The van der Waals surface area contributed by atoms with Gasteiger partial charge >= 0.3 is 6.18 Å². The number of hydrogen-bond donors (Lipinski definition) is 1. The fraction of sp³-hybridized carbons (Fsp3) is 0.154. The Kier molecular flexibility index (Phi) is 5.60. The third-order valence-electron chi connectivity index (χ3n) is 6.68. The summed E-state index contributed by atoms with van der Waals surface area (Å²) >= 11 is 0. The topological polar surface area (TPSA) is 133 Å². The van der Waals surface area contributed by atoms with Gasteiger partial charge in [0.25, 0.3) is 32.4 Å². The average Bonchev–Trinajstić information content (AvgIpc) is 3.21. The van der Waals surface area contributed by atoms with Crippen molar-refractivity contribution in [2.75, 3.05) is 0 Å². The quantitative estimate of drug-likeness (QED) is 0.337. The van der Waals surface area contributed by atoms with Crippen molar-refractivity contribution < 1.29 is 26.1 Å². The molecule has 0 aliphatic carbocycles. The van der Waals surface area contributed by atoms with E-state index >= 15 is 0 Å². The Bertz CT molecular complexity index is 2200. The maximum Gasteiger partial charge on any atom is 0.417 e. The SMILES string of the molecule is Cc1ccc(-c2ccc(-n3c(=O)c4cc5c(=O)n(C)c(=O)c5c(S(=O)(=O)O)c4c3=O)cc2C(F)(F)F)c(C)c1. The zero-order chi connectivity index (χ0) is 28.8. The molecule has 0 unspecified atom stereocenters. The maximum atomic E-state index is 14.2. The first-order valence-corrected chi connectivity index (χ1v) is 12.7. The lowest BCUT2D eigenvalue weighted by Crippen LogP contribution is -2.24. The minimum Gasteiger partial charge on any atom is -0.282 e. The average molecular weight is 558 g/mol. The summed E-state index contributed by atoms with van der Waals surface area (Å²) < 4.78 is 77.9. The van der Waals surface area contributed by atoms with Gasteiger partial charge in [0.15, 0.2) is 0 Å². The molecule has 0 amide bonds. The summed E-state index contributed by atoms with van der Waals surface area (Å²) in [6, 6.07) is 8.45. The number of halogens is 3. The van der Waals surface area contributed by atoms with Crippen molar-refractivity contribution in [1.82, 2.24) is 9.13 Å². The van der Waals surface area contributed by atoms with Gasteiger partial charge in [-0.15, -0.1) is 0 Å². The highest BCUT2D eigenvalue weighted by molar-refractivity contribution is 7.86. The van der Waals surface area contributed by atoms with Crippen LogP contribution >= 0.6 is 0 Å². The summed E-state index contributed by atoms with van der Waals surface area (Å²) in [5.41, 5.74) is -4.98. The lowest BCUT2D eigenvalue weighted by atomic mass is 9.94. The fourth-order valence-electron chi connectivity index (χ4n) is 4.93. The number of fused-ring (bicyclic) bond motifs is 2. The number of aromatic nitrogens is 2. The lowest BCUT2D eigenvalue weighted by Gasteiger charge is -2.16. The van der Waals surface area contributed by atoms with Crippen LogP contribution in [0.25, 0.3) is 38.4 Å². The summed E-state index contributed by atoms with van der Waals surface area (Å²) in [4.78, 5) is 50.5. The van der Waals surface area contributed by atoms with E-state index in [4.69, 9.17) is 0 Å². The predicted molar refractivity (Wildman–Crippen MR) is 137 cm³/mol. The number of benzene rings is 3. The molecular formula is C26H17F3N2O7S. The van der Waals surface area contributed by atoms with E-state index in [9.17, 15) is 45.3 Å². The summed E-state index contributed by atoms with van der Waals surface area (Å²) in [5, 5.41) is -2.91. The van der Waals surface area contributed by atoms with E-state index in [1.165, 1.54) is 6.07 Å². The zero-order valence-electron chi connectivity index (χ0n) is 20.4. The third kappa shape index (κ3) is 3.84. The number of rotatable bonds is 3. The van der Waals surface area contributed by atoms with Crippen LogP contribution in [0.4, 0.5) is 13.2 Å².